The normalized spacial score (nSPS) is 51.1. The quantitative estimate of drug-likeness (QED) is 0.349. The second-order valence-corrected chi connectivity index (χ2v) is 6.54. The van der Waals surface area contributed by atoms with Crippen LogP contribution in [0.3, 0.4) is 0 Å². The van der Waals surface area contributed by atoms with Crippen molar-refractivity contribution in [2.45, 2.75) is 54.1 Å². The van der Waals surface area contributed by atoms with E-state index in [9.17, 15) is 25.5 Å². The van der Waals surface area contributed by atoms with Crippen LogP contribution in [0.25, 0.3) is 0 Å². The minimum absolute atomic E-state index is 0.125. The van der Waals surface area contributed by atoms with E-state index in [0.29, 0.717) is 0 Å². The summed E-state index contributed by atoms with van der Waals surface area (Å²) in [6, 6.07) is 0. The Bertz CT molecular complexity index is 403. The van der Waals surface area contributed by atoms with Gasteiger partial charge in [0.2, 0.25) is 5.79 Å². The van der Waals surface area contributed by atoms with Crippen LogP contribution >= 0.6 is 34.8 Å². The minimum Gasteiger partial charge on any atom is -0.394 e. The Morgan fingerprint density at radius 3 is 2.13 bits per heavy atom. The number of hydrogen-bond donors (Lipinski definition) is 5. The minimum atomic E-state index is -1.90. The molecular weight excluding hydrogens is 378 g/mol. The van der Waals surface area contributed by atoms with Crippen molar-refractivity contribution in [2.75, 3.05) is 18.4 Å². The molecule has 136 valence electrons. The molecule has 0 aliphatic carbocycles. The number of alkyl halides is 3. The summed E-state index contributed by atoms with van der Waals surface area (Å²) >= 11 is 17.3. The second-order valence-electron chi connectivity index (χ2n) is 5.46. The van der Waals surface area contributed by atoms with Crippen LogP contribution in [0.4, 0.5) is 0 Å². The lowest BCUT2D eigenvalue weighted by Crippen LogP contribution is -2.61. The van der Waals surface area contributed by atoms with Gasteiger partial charge in [0.1, 0.15) is 36.6 Å². The SMILES string of the molecule is OCC1O[C@@H](O[C@]2(CCl)O[C@H](CCl)C(O)[C@H]2O)C(O)[C@H](O)[C@H]1Cl. The molecule has 0 radical (unpaired) electrons. The van der Waals surface area contributed by atoms with Crippen LogP contribution in [0, 0.1) is 0 Å². The van der Waals surface area contributed by atoms with Gasteiger partial charge in [0.05, 0.1) is 23.7 Å². The fourth-order valence-corrected chi connectivity index (χ4v) is 3.37. The van der Waals surface area contributed by atoms with Crippen LogP contribution in [0.15, 0.2) is 0 Å². The lowest BCUT2D eigenvalue weighted by atomic mass is 10.0. The van der Waals surface area contributed by atoms with Crippen molar-refractivity contribution >= 4 is 34.8 Å². The highest BCUT2D eigenvalue weighted by molar-refractivity contribution is 6.21. The Hall–Kier alpha value is 0.550. The summed E-state index contributed by atoms with van der Waals surface area (Å²) in [6.07, 6.45) is -9.39. The zero-order valence-corrected chi connectivity index (χ0v) is 14.1. The fourth-order valence-electron chi connectivity index (χ4n) is 2.56. The number of hydrogen-bond acceptors (Lipinski definition) is 8. The van der Waals surface area contributed by atoms with Gasteiger partial charge in [0, 0.05) is 0 Å². The van der Waals surface area contributed by atoms with E-state index in [2.05, 4.69) is 0 Å². The Kier molecular flexibility index (Phi) is 6.77. The predicted octanol–water partition coefficient (Wildman–Crippen LogP) is -1.66. The lowest BCUT2D eigenvalue weighted by molar-refractivity contribution is -0.357. The third kappa shape index (κ3) is 3.58. The third-order valence-corrected chi connectivity index (χ3v) is 5.17. The summed E-state index contributed by atoms with van der Waals surface area (Å²) in [7, 11) is 0. The molecule has 0 amide bonds. The largest absolute Gasteiger partial charge is 0.394 e. The van der Waals surface area contributed by atoms with Gasteiger partial charge < -0.3 is 39.7 Å². The predicted molar refractivity (Wildman–Crippen MR) is 79.5 cm³/mol. The standard InChI is InChI=1S/C12H19Cl3O8/c13-1-4-7(17)10(20)12(3-14,22-4)23-11-9(19)8(18)6(15)5(2-16)21-11/h4-11,16-20H,1-3H2/t4-,5?,6+,7?,8-,9?,10-,11+,12+/m1/s1. The highest BCUT2D eigenvalue weighted by Crippen LogP contribution is 2.37. The molecule has 8 nitrogen and oxygen atoms in total. The average molecular weight is 398 g/mol. The van der Waals surface area contributed by atoms with Crippen molar-refractivity contribution in [1.82, 2.24) is 0 Å². The third-order valence-electron chi connectivity index (χ3n) is 3.96. The van der Waals surface area contributed by atoms with Crippen LogP contribution < -0.4 is 0 Å². The lowest BCUT2D eigenvalue weighted by Gasteiger charge is -2.43. The monoisotopic (exact) mass is 396 g/mol. The summed E-state index contributed by atoms with van der Waals surface area (Å²) in [5, 5.41) is 48.1. The zero-order valence-electron chi connectivity index (χ0n) is 11.8. The molecule has 0 aromatic heterocycles. The molecule has 2 aliphatic heterocycles. The van der Waals surface area contributed by atoms with Crippen molar-refractivity contribution in [3.63, 3.8) is 0 Å². The first kappa shape index (κ1) is 19.9. The molecule has 9 atom stereocenters. The van der Waals surface area contributed by atoms with Crippen LogP contribution in [0.2, 0.25) is 0 Å². The molecule has 3 unspecified atom stereocenters. The Morgan fingerprint density at radius 1 is 1.00 bits per heavy atom. The van der Waals surface area contributed by atoms with Gasteiger partial charge in [-0.3, -0.25) is 0 Å². The summed E-state index contributed by atoms with van der Waals surface area (Å²) in [5.41, 5.74) is 0. The van der Waals surface area contributed by atoms with Gasteiger partial charge in [-0.25, -0.2) is 0 Å². The first-order valence-electron chi connectivity index (χ1n) is 6.91. The van der Waals surface area contributed by atoms with E-state index < -0.39 is 66.6 Å². The van der Waals surface area contributed by atoms with Gasteiger partial charge in [-0.1, -0.05) is 0 Å². The number of rotatable bonds is 5. The first-order chi connectivity index (χ1) is 10.8. The highest BCUT2D eigenvalue weighted by atomic mass is 35.5. The van der Waals surface area contributed by atoms with Crippen LogP contribution in [0.1, 0.15) is 0 Å². The molecule has 23 heavy (non-hydrogen) atoms. The Morgan fingerprint density at radius 2 is 1.65 bits per heavy atom. The average Bonchev–Trinajstić information content (AvgIpc) is 2.80. The summed E-state index contributed by atoms with van der Waals surface area (Å²) in [4.78, 5) is 0. The van der Waals surface area contributed by atoms with Gasteiger partial charge >= 0.3 is 0 Å². The van der Waals surface area contributed by atoms with Gasteiger partial charge in [0.15, 0.2) is 6.29 Å². The van der Waals surface area contributed by atoms with Crippen LogP contribution in [0.5, 0.6) is 0 Å². The topological polar surface area (TPSA) is 129 Å². The smallest absolute Gasteiger partial charge is 0.214 e. The van der Waals surface area contributed by atoms with Crippen LogP contribution in [-0.2, 0) is 14.2 Å². The van der Waals surface area contributed by atoms with Crippen molar-refractivity contribution in [2.24, 2.45) is 0 Å². The number of aliphatic hydroxyl groups is 5. The fraction of sp³-hybridized carbons (Fsp3) is 1.00. The first-order valence-corrected chi connectivity index (χ1v) is 8.42. The molecule has 2 saturated heterocycles. The van der Waals surface area contributed by atoms with E-state index in [4.69, 9.17) is 49.0 Å². The van der Waals surface area contributed by atoms with E-state index in [1.807, 2.05) is 0 Å². The maximum atomic E-state index is 10.1. The zero-order chi connectivity index (χ0) is 17.4. The molecular formula is C12H19Cl3O8. The van der Waals surface area contributed by atoms with Crippen molar-refractivity contribution in [3.05, 3.63) is 0 Å². The Balaban J connectivity index is 2.18. The maximum Gasteiger partial charge on any atom is 0.214 e. The van der Waals surface area contributed by atoms with Gasteiger partial charge in [-0.05, 0) is 0 Å². The molecule has 5 N–H and O–H groups in total. The van der Waals surface area contributed by atoms with Crippen molar-refractivity contribution < 1.29 is 39.7 Å². The molecule has 0 spiro atoms. The van der Waals surface area contributed by atoms with E-state index in [0.717, 1.165) is 0 Å². The number of halogens is 3. The summed E-state index contributed by atoms with van der Waals surface area (Å²) in [6.45, 7) is -0.526. The van der Waals surface area contributed by atoms with Crippen LogP contribution in [-0.4, -0.2) is 98.0 Å². The second kappa shape index (κ2) is 7.84. The molecule has 0 aromatic rings. The molecule has 11 heteroatoms. The molecule has 0 aromatic carbocycles. The molecule has 2 aliphatic rings. The molecule has 2 fully saturated rings. The maximum absolute atomic E-state index is 10.1. The van der Waals surface area contributed by atoms with Gasteiger partial charge in [-0.15, -0.1) is 34.8 Å². The van der Waals surface area contributed by atoms with E-state index in [-0.39, 0.29) is 5.88 Å². The van der Waals surface area contributed by atoms with E-state index >= 15 is 0 Å². The van der Waals surface area contributed by atoms with E-state index in [1.165, 1.54) is 0 Å². The number of ether oxygens (including phenoxy) is 3. The van der Waals surface area contributed by atoms with Crippen molar-refractivity contribution in [3.8, 4) is 0 Å². The Labute approximate surface area is 147 Å². The van der Waals surface area contributed by atoms with Crippen molar-refractivity contribution in [1.29, 1.82) is 0 Å². The molecule has 0 saturated carbocycles. The van der Waals surface area contributed by atoms with Gasteiger partial charge in [-0.2, -0.15) is 0 Å². The summed E-state index contributed by atoms with van der Waals surface area (Å²) < 4.78 is 16.1. The molecule has 2 rings (SSSR count). The summed E-state index contributed by atoms with van der Waals surface area (Å²) in [5.74, 6) is -2.43. The van der Waals surface area contributed by atoms with E-state index in [1.54, 1.807) is 0 Å². The van der Waals surface area contributed by atoms with Gasteiger partial charge in [0.25, 0.3) is 0 Å². The highest BCUT2D eigenvalue weighted by Gasteiger charge is 2.58. The number of aliphatic hydroxyl groups excluding tert-OH is 5. The molecule has 2 heterocycles. The molecule has 0 bridgehead atoms.